The summed E-state index contributed by atoms with van der Waals surface area (Å²) in [5.41, 5.74) is 2.60. The zero-order valence-corrected chi connectivity index (χ0v) is 13.1. The number of halogens is 1. The molecule has 104 valence electrons. The molecule has 0 bridgehead atoms. The molecule has 0 amide bonds. The molecule has 0 N–H and O–H groups in total. The first-order valence-corrected chi connectivity index (χ1v) is 7.04. The molecule has 20 heavy (non-hydrogen) atoms. The van der Waals surface area contributed by atoms with Crippen molar-refractivity contribution in [1.82, 2.24) is 0 Å². The molecule has 0 heterocycles. The van der Waals surface area contributed by atoms with Crippen molar-refractivity contribution in [3.05, 3.63) is 64.1 Å². The van der Waals surface area contributed by atoms with Crippen molar-refractivity contribution >= 4 is 27.6 Å². The fourth-order valence-corrected chi connectivity index (χ4v) is 2.53. The monoisotopic (exact) mass is 333 g/mol. The minimum atomic E-state index is -0.318. The molecule has 0 spiro atoms. The minimum Gasteiger partial charge on any atom is -0.465 e. The molecule has 2 aromatic rings. The van der Waals surface area contributed by atoms with Crippen LogP contribution in [0.3, 0.4) is 0 Å². The van der Waals surface area contributed by atoms with Crippen molar-refractivity contribution in [2.45, 2.75) is 6.54 Å². The second kappa shape index (κ2) is 6.57. The Kier molecular flexibility index (Phi) is 4.79. The minimum absolute atomic E-state index is 0.318. The molecule has 0 aliphatic carbocycles. The van der Waals surface area contributed by atoms with Gasteiger partial charge in [0.25, 0.3) is 0 Å². The third-order valence-corrected chi connectivity index (χ3v) is 3.52. The van der Waals surface area contributed by atoms with E-state index in [1.807, 2.05) is 42.3 Å². The largest absolute Gasteiger partial charge is 0.465 e. The van der Waals surface area contributed by atoms with Gasteiger partial charge in [0.05, 0.1) is 18.4 Å². The van der Waals surface area contributed by atoms with Gasteiger partial charge in [0.15, 0.2) is 0 Å². The number of hydrogen-bond donors (Lipinski definition) is 0. The third-order valence-electron chi connectivity index (χ3n) is 3.03. The van der Waals surface area contributed by atoms with Crippen molar-refractivity contribution in [3.8, 4) is 0 Å². The molecule has 0 atom stereocenters. The number of esters is 1. The summed E-state index contributed by atoms with van der Waals surface area (Å²) in [6, 6.07) is 15.6. The maximum atomic E-state index is 11.8. The number of benzene rings is 2. The number of para-hydroxylation sites is 1. The van der Waals surface area contributed by atoms with Crippen LogP contribution in [0.1, 0.15) is 15.9 Å². The maximum Gasteiger partial charge on any atom is 0.339 e. The molecule has 2 rings (SSSR count). The summed E-state index contributed by atoms with van der Waals surface area (Å²) in [5.74, 6) is -0.318. The lowest BCUT2D eigenvalue weighted by atomic mass is 10.1. The average Bonchev–Trinajstić information content (AvgIpc) is 2.46. The Labute approximate surface area is 127 Å². The number of nitrogens with zero attached hydrogens (tertiary/aromatic N) is 1. The molecule has 0 unspecified atom stereocenters. The zero-order chi connectivity index (χ0) is 14.5. The lowest BCUT2D eigenvalue weighted by molar-refractivity contribution is 0.0601. The predicted octanol–water partition coefficient (Wildman–Crippen LogP) is 3.87. The number of methoxy groups -OCH3 is 1. The molecule has 4 heteroatoms. The normalized spacial score (nSPS) is 10.2. The van der Waals surface area contributed by atoms with Gasteiger partial charge in [0.1, 0.15) is 0 Å². The Morgan fingerprint density at radius 2 is 1.95 bits per heavy atom. The third kappa shape index (κ3) is 3.39. The number of anilines is 1. The first-order valence-electron chi connectivity index (χ1n) is 6.24. The molecule has 0 aromatic heterocycles. The van der Waals surface area contributed by atoms with Gasteiger partial charge in [-0.15, -0.1) is 0 Å². The van der Waals surface area contributed by atoms with Crippen molar-refractivity contribution in [2.75, 3.05) is 19.1 Å². The lowest BCUT2D eigenvalue weighted by Gasteiger charge is -2.21. The van der Waals surface area contributed by atoms with E-state index in [0.29, 0.717) is 12.1 Å². The van der Waals surface area contributed by atoms with Gasteiger partial charge in [0.2, 0.25) is 0 Å². The molecule has 2 aromatic carbocycles. The summed E-state index contributed by atoms with van der Waals surface area (Å²) < 4.78 is 5.87. The van der Waals surface area contributed by atoms with Crippen LogP contribution in [0.25, 0.3) is 0 Å². The Hall–Kier alpha value is -1.81. The van der Waals surface area contributed by atoms with E-state index in [1.165, 1.54) is 12.7 Å². The predicted molar refractivity (Wildman–Crippen MR) is 84.0 cm³/mol. The molecule has 0 aliphatic heterocycles. The summed E-state index contributed by atoms with van der Waals surface area (Å²) in [5, 5.41) is 0. The molecule has 0 fully saturated rings. The van der Waals surface area contributed by atoms with Crippen molar-refractivity contribution in [2.24, 2.45) is 0 Å². The Balaban J connectivity index is 2.25. The fraction of sp³-hybridized carbons (Fsp3) is 0.188. The first kappa shape index (κ1) is 14.6. The van der Waals surface area contributed by atoms with Crippen molar-refractivity contribution in [3.63, 3.8) is 0 Å². The van der Waals surface area contributed by atoms with Gasteiger partial charge in [-0.3, -0.25) is 0 Å². The molecule has 0 aliphatic rings. The summed E-state index contributed by atoms with van der Waals surface area (Å²) in [7, 11) is 3.36. The quantitative estimate of drug-likeness (QED) is 0.795. The highest BCUT2D eigenvalue weighted by atomic mass is 79.9. The van der Waals surface area contributed by atoms with E-state index in [9.17, 15) is 4.79 Å². The number of carbonyl (C=O) groups excluding carboxylic acids is 1. The van der Waals surface area contributed by atoms with Gasteiger partial charge in [-0.05, 0) is 29.8 Å². The second-order valence-corrected chi connectivity index (χ2v) is 5.41. The molecular formula is C16H16BrNO2. The van der Waals surface area contributed by atoms with Crippen LogP contribution in [-0.4, -0.2) is 20.1 Å². The summed E-state index contributed by atoms with van der Waals surface area (Å²) in [6.45, 7) is 0.716. The van der Waals surface area contributed by atoms with Gasteiger partial charge in [-0.1, -0.05) is 40.2 Å². The summed E-state index contributed by atoms with van der Waals surface area (Å²) in [6.07, 6.45) is 0. The van der Waals surface area contributed by atoms with Gasteiger partial charge in [0, 0.05) is 18.1 Å². The fourth-order valence-electron chi connectivity index (χ4n) is 2.08. The van der Waals surface area contributed by atoms with Crippen LogP contribution in [0, 0.1) is 0 Å². The van der Waals surface area contributed by atoms with E-state index in [0.717, 1.165) is 10.2 Å². The van der Waals surface area contributed by atoms with Gasteiger partial charge >= 0.3 is 5.97 Å². The van der Waals surface area contributed by atoms with Gasteiger partial charge in [-0.25, -0.2) is 4.79 Å². The van der Waals surface area contributed by atoms with E-state index in [4.69, 9.17) is 4.74 Å². The molecule has 0 saturated heterocycles. The van der Waals surface area contributed by atoms with Crippen molar-refractivity contribution in [1.29, 1.82) is 0 Å². The zero-order valence-electron chi connectivity index (χ0n) is 11.5. The van der Waals surface area contributed by atoms with Crippen LogP contribution in [0.15, 0.2) is 53.0 Å². The standard InChI is InChI=1S/C16H16BrNO2/c1-18(11-12-6-5-7-13(17)10-12)15-9-4-3-8-14(15)16(19)20-2/h3-10H,11H2,1-2H3. The highest BCUT2D eigenvalue weighted by molar-refractivity contribution is 9.10. The highest BCUT2D eigenvalue weighted by Gasteiger charge is 2.14. The van der Waals surface area contributed by atoms with E-state index >= 15 is 0 Å². The van der Waals surface area contributed by atoms with E-state index in [2.05, 4.69) is 28.1 Å². The van der Waals surface area contributed by atoms with Crippen LogP contribution >= 0.6 is 15.9 Å². The van der Waals surface area contributed by atoms with Crippen LogP contribution in [0.4, 0.5) is 5.69 Å². The van der Waals surface area contributed by atoms with Crippen LogP contribution in [-0.2, 0) is 11.3 Å². The molecular weight excluding hydrogens is 318 g/mol. The lowest BCUT2D eigenvalue weighted by Crippen LogP contribution is -2.19. The summed E-state index contributed by atoms with van der Waals surface area (Å²) in [4.78, 5) is 13.8. The maximum absolute atomic E-state index is 11.8. The molecule has 3 nitrogen and oxygen atoms in total. The number of rotatable bonds is 4. The SMILES string of the molecule is COC(=O)c1ccccc1N(C)Cc1cccc(Br)c1. The Morgan fingerprint density at radius 3 is 2.65 bits per heavy atom. The Bertz CT molecular complexity index is 613. The van der Waals surface area contributed by atoms with E-state index < -0.39 is 0 Å². The molecule has 0 saturated carbocycles. The summed E-state index contributed by atoms with van der Waals surface area (Å²) >= 11 is 3.46. The van der Waals surface area contributed by atoms with E-state index in [-0.39, 0.29) is 5.97 Å². The molecule has 0 radical (unpaired) electrons. The Morgan fingerprint density at radius 1 is 1.20 bits per heavy atom. The smallest absolute Gasteiger partial charge is 0.339 e. The first-order chi connectivity index (χ1) is 9.61. The van der Waals surface area contributed by atoms with Crippen LogP contribution in [0.2, 0.25) is 0 Å². The van der Waals surface area contributed by atoms with Crippen LogP contribution in [0.5, 0.6) is 0 Å². The van der Waals surface area contributed by atoms with Crippen molar-refractivity contribution < 1.29 is 9.53 Å². The number of carbonyl (C=O) groups is 1. The van der Waals surface area contributed by atoms with Gasteiger partial charge < -0.3 is 9.64 Å². The topological polar surface area (TPSA) is 29.5 Å². The van der Waals surface area contributed by atoms with E-state index in [1.54, 1.807) is 6.07 Å². The average molecular weight is 334 g/mol. The van der Waals surface area contributed by atoms with Crippen LogP contribution < -0.4 is 4.90 Å². The number of hydrogen-bond acceptors (Lipinski definition) is 3. The second-order valence-electron chi connectivity index (χ2n) is 4.49. The van der Waals surface area contributed by atoms with Gasteiger partial charge in [-0.2, -0.15) is 0 Å². The number of ether oxygens (including phenoxy) is 1. The highest BCUT2D eigenvalue weighted by Crippen LogP contribution is 2.22.